The van der Waals surface area contributed by atoms with E-state index in [1.165, 1.54) is 12.1 Å². The highest BCUT2D eigenvalue weighted by atomic mass is 19.4. The first-order chi connectivity index (χ1) is 9.30. The number of alkyl halides is 3. The molecule has 0 aromatic heterocycles. The summed E-state index contributed by atoms with van der Waals surface area (Å²) >= 11 is 0. The summed E-state index contributed by atoms with van der Waals surface area (Å²) in [6.07, 6.45) is -4.73. The molecule has 0 saturated heterocycles. The lowest BCUT2D eigenvalue weighted by molar-refractivity contribution is -0.274. The van der Waals surface area contributed by atoms with E-state index >= 15 is 0 Å². The zero-order chi connectivity index (χ0) is 15.2. The highest BCUT2D eigenvalue weighted by molar-refractivity contribution is 5.92. The Hall–Kier alpha value is -1.80. The number of ether oxygens (including phenoxy) is 1. The van der Waals surface area contributed by atoms with Crippen molar-refractivity contribution in [2.24, 2.45) is 5.73 Å². The Kier molecular flexibility index (Phi) is 5.78. The first kappa shape index (κ1) is 16.3. The Morgan fingerprint density at radius 2 is 1.95 bits per heavy atom. The predicted molar refractivity (Wildman–Crippen MR) is 68.3 cm³/mol. The van der Waals surface area contributed by atoms with Gasteiger partial charge < -0.3 is 15.8 Å². The average Bonchev–Trinajstić information content (AvgIpc) is 2.30. The molecule has 1 amide bonds. The van der Waals surface area contributed by atoms with Crippen LogP contribution in [0.5, 0.6) is 5.75 Å². The fourth-order valence-electron chi connectivity index (χ4n) is 1.49. The highest BCUT2D eigenvalue weighted by Gasteiger charge is 2.30. The molecule has 0 unspecified atom stereocenters. The fraction of sp³-hybridized carbons (Fsp3) is 0.417. The van der Waals surface area contributed by atoms with Crippen LogP contribution >= 0.6 is 0 Å². The van der Waals surface area contributed by atoms with Crippen molar-refractivity contribution in [1.82, 2.24) is 4.90 Å². The smallest absolute Gasteiger partial charge is 0.406 e. The van der Waals surface area contributed by atoms with Crippen molar-refractivity contribution in [2.45, 2.75) is 6.36 Å². The van der Waals surface area contributed by atoms with Gasteiger partial charge in [-0.05, 0) is 31.3 Å². The van der Waals surface area contributed by atoms with Gasteiger partial charge in [-0.15, -0.1) is 13.2 Å². The maximum Gasteiger partial charge on any atom is 0.573 e. The minimum atomic E-state index is -4.73. The molecular weight excluding hydrogens is 275 g/mol. The van der Waals surface area contributed by atoms with E-state index < -0.39 is 6.36 Å². The maximum atomic E-state index is 12.0. The predicted octanol–water partition coefficient (Wildman–Crippen LogP) is 1.41. The van der Waals surface area contributed by atoms with Crippen molar-refractivity contribution in [2.75, 3.05) is 32.0 Å². The largest absolute Gasteiger partial charge is 0.573 e. The fourth-order valence-corrected chi connectivity index (χ4v) is 1.49. The number of nitrogens with one attached hydrogen (secondary N) is 1. The number of halogens is 3. The van der Waals surface area contributed by atoms with Gasteiger partial charge in [0, 0.05) is 18.8 Å². The average molecular weight is 291 g/mol. The standard InChI is InChI=1S/C12H16F3N3O2/c1-18(7-6-16)8-11(19)17-9-2-4-10(5-3-9)20-12(13,14)15/h2-5H,6-8,16H2,1H3,(H,17,19). The van der Waals surface area contributed by atoms with E-state index in [0.29, 0.717) is 18.8 Å². The van der Waals surface area contributed by atoms with Crippen LogP contribution in [0.15, 0.2) is 24.3 Å². The zero-order valence-electron chi connectivity index (χ0n) is 10.9. The van der Waals surface area contributed by atoms with Crippen LogP contribution in [0.25, 0.3) is 0 Å². The van der Waals surface area contributed by atoms with E-state index in [1.807, 2.05) is 0 Å². The summed E-state index contributed by atoms with van der Waals surface area (Å²) in [5.41, 5.74) is 5.74. The zero-order valence-corrected chi connectivity index (χ0v) is 10.9. The minimum Gasteiger partial charge on any atom is -0.406 e. The molecule has 0 atom stereocenters. The van der Waals surface area contributed by atoms with Gasteiger partial charge >= 0.3 is 6.36 Å². The van der Waals surface area contributed by atoms with Crippen LogP contribution in [0, 0.1) is 0 Å². The highest BCUT2D eigenvalue weighted by Crippen LogP contribution is 2.23. The van der Waals surface area contributed by atoms with Crippen molar-refractivity contribution >= 4 is 11.6 Å². The normalized spacial score (nSPS) is 11.5. The molecule has 8 heteroatoms. The van der Waals surface area contributed by atoms with Crippen LogP contribution in [0.4, 0.5) is 18.9 Å². The molecule has 0 saturated carbocycles. The van der Waals surface area contributed by atoms with Gasteiger partial charge in [-0.25, -0.2) is 0 Å². The molecule has 0 aliphatic carbocycles. The second-order valence-corrected chi connectivity index (χ2v) is 4.15. The third kappa shape index (κ3) is 6.39. The molecule has 20 heavy (non-hydrogen) atoms. The van der Waals surface area contributed by atoms with Crippen LogP contribution in [0.1, 0.15) is 0 Å². The lowest BCUT2D eigenvalue weighted by Crippen LogP contribution is -2.33. The quantitative estimate of drug-likeness (QED) is 0.831. The van der Waals surface area contributed by atoms with Gasteiger partial charge in [-0.2, -0.15) is 0 Å². The van der Waals surface area contributed by atoms with Gasteiger partial charge in [0.15, 0.2) is 0 Å². The summed E-state index contributed by atoms with van der Waals surface area (Å²) in [4.78, 5) is 13.3. The number of carbonyl (C=O) groups is 1. The second-order valence-electron chi connectivity index (χ2n) is 4.15. The van der Waals surface area contributed by atoms with E-state index in [0.717, 1.165) is 12.1 Å². The van der Waals surface area contributed by atoms with Gasteiger partial charge in [0.25, 0.3) is 0 Å². The molecule has 0 fully saturated rings. The van der Waals surface area contributed by atoms with Crippen LogP contribution in [-0.4, -0.2) is 43.9 Å². The number of benzene rings is 1. The number of nitrogens with two attached hydrogens (primary N) is 1. The number of anilines is 1. The summed E-state index contributed by atoms with van der Waals surface area (Å²) < 4.78 is 39.6. The van der Waals surface area contributed by atoms with Gasteiger partial charge in [0.05, 0.1) is 6.54 Å². The third-order valence-corrected chi connectivity index (χ3v) is 2.30. The van der Waals surface area contributed by atoms with E-state index in [2.05, 4.69) is 10.1 Å². The van der Waals surface area contributed by atoms with E-state index in [4.69, 9.17) is 5.73 Å². The summed E-state index contributed by atoms with van der Waals surface area (Å²) in [6.45, 7) is 1.16. The van der Waals surface area contributed by atoms with Crippen LogP contribution < -0.4 is 15.8 Å². The Labute approximate surface area is 114 Å². The summed E-state index contributed by atoms with van der Waals surface area (Å²) in [7, 11) is 1.74. The first-order valence-electron chi connectivity index (χ1n) is 5.84. The first-order valence-corrected chi connectivity index (χ1v) is 5.84. The number of carbonyl (C=O) groups excluding carboxylic acids is 1. The number of amides is 1. The Morgan fingerprint density at radius 3 is 2.45 bits per heavy atom. The second kappa shape index (κ2) is 7.11. The molecule has 1 aromatic carbocycles. The summed E-state index contributed by atoms with van der Waals surface area (Å²) in [6, 6.07) is 4.93. The molecule has 3 N–H and O–H groups in total. The van der Waals surface area contributed by atoms with E-state index in [9.17, 15) is 18.0 Å². The van der Waals surface area contributed by atoms with Crippen LogP contribution in [0.2, 0.25) is 0 Å². The summed E-state index contributed by atoms with van der Waals surface area (Å²) in [5.74, 6) is -0.610. The SMILES string of the molecule is CN(CCN)CC(=O)Nc1ccc(OC(F)(F)F)cc1. The number of nitrogens with zero attached hydrogens (tertiary/aromatic N) is 1. The third-order valence-electron chi connectivity index (χ3n) is 2.30. The van der Waals surface area contributed by atoms with Crippen molar-refractivity contribution < 1.29 is 22.7 Å². The van der Waals surface area contributed by atoms with E-state index in [-0.39, 0.29) is 18.2 Å². The Morgan fingerprint density at radius 1 is 1.35 bits per heavy atom. The summed E-state index contributed by atoms with van der Waals surface area (Å²) in [5, 5.41) is 2.56. The maximum absolute atomic E-state index is 12.0. The molecule has 0 aliphatic rings. The topological polar surface area (TPSA) is 67.6 Å². The minimum absolute atomic E-state index is 0.151. The molecule has 0 heterocycles. The molecule has 5 nitrogen and oxygen atoms in total. The Balaban J connectivity index is 2.51. The van der Waals surface area contributed by atoms with Gasteiger partial charge in [0.2, 0.25) is 5.91 Å². The van der Waals surface area contributed by atoms with Crippen molar-refractivity contribution in [3.63, 3.8) is 0 Å². The van der Waals surface area contributed by atoms with Crippen LogP contribution in [0.3, 0.4) is 0 Å². The molecule has 0 aliphatic heterocycles. The number of hydrogen-bond acceptors (Lipinski definition) is 4. The van der Waals surface area contributed by atoms with Crippen molar-refractivity contribution in [3.05, 3.63) is 24.3 Å². The number of hydrogen-bond donors (Lipinski definition) is 2. The molecule has 0 bridgehead atoms. The monoisotopic (exact) mass is 291 g/mol. The molecule has 1 rings (SSSR count). The number of likely N-dealkylation sites (N-methyl/N-ethyl adjacent to an activating group) is 1. The molecule has 0 spiro atoms. The molecule has 112 valence electrons. The Bertz CT molecular complexity index is 435. The van der Waals surface area contributed by atoms with E-state index in [1.54, 1.807) is 11.9 Å². The van der Waals surface area contributed by atoms with Crippen molar-refractivity contribution in [3.8, 4) is 5.75 Å². The lowest BCUT2D eigenvalue weighted by Gasteiger charge is -2.15. The lowest BCUT2D eigenvalue weighted by atomic mass is 10.3. The molecule has 0 radical (unpaired) electrons. The molecular formula is C12H16F3N3O2. The van der Waals surface area contributed by atoms with Crippen molar-refractivity contribution in [1.29, 1.82) is 0 Å². The van der Waals surface area contributed by atoms with Gasteiger partial charge in [-0.1, -0.05) is 0 Å². The van der Waals surface area contributed by atoms with Gasteiger partial charge in [0.1, 0.15) is 5.75 Å². The van der Waals surface area contributed by atoms with Crippen LogP contribution in [-0.2, 0) is 4.79 Å². The molecule has 1 aromatic rings. The van der Waals surface area contributed by atoms with Gasteiger partial charge in [-0.3, -0.25) is 9.69 Å². The number of rotatable bonds is 6.